The van der Waals surface area contributed by atoms with Gasteiger partial charge in [-0.3, -0.25) is 0 Å². The van der Waals surface area contributed by atoms with Crippen molar-refractivity contribution in [2.75, 3.05) is 18.6 Å². The molecule has 2 aromatic heterocycles. The second-order valence-electron chi connectivity index (χ2n) is 6.58. The molecule has 0 N–H and O–H groups in total. The lowest BCUT2D eigenvalue weighted by atomic mass is 10.0. The molecular weight excluding hydrogens is 378 g/mol. The summed E-state index contributed by atoms with van der Waals surface area (Å²) in [6, 6.07) is 19.5. The Morgan fingerprint density at radius 3 is 2.67 bits per heavy atom. The van der Waals surface area contributed by atoms with Crippen molar-refractivity contribution in [1.29, 1.82) is 5.26 Å². The van der Waals surface area contributed by atoms with Crippen LogP contribution < -0.4 is 4.90 Å². The lowest BCUT2D eigenvalue weighted by Gasteiger charge is -2.20. The number of carbonyl (C=O) groups excluding carboxylic acids is 1. The number of hydrogen-bond donors (Lipinski definition) is 0. The van der Waals surface area contributed by atoms with Gasteiger partial charge in [0.05, 0.1) is 24.4 Å². The fourth-order valence-corrected chi connectivity index (χ4v) is 3.31. The first-order valence-corrected chi connectivity index (χ1v) is 9.47. The molecule has 4 aromatic rings. The predicted molar refractivity (Wildman–Crippen MR) is 114 cm³/mol. The summed E-state index contributed by atoms with van der Waals surface area (Å²) in [7, 11) is 1.92. The van der Waals surface area contributed by atoms with Gasteiger partial charge < -0.3 is 9.64 Å². The van der Waals surface area contributed by atoms with Gasteiger partial charge in [0.15, 0.2) is 5.65 Å². The van der Waals surface area contributed by atoms with Crippen molar-refractivity contribution in [3.05, 3.63) is 78.1 Å². The molecule has 0 bridgehead atoms. The van der Waals surface area contributed by atoms with Gasteiger partial charge in [0.25, 0.3) is 0 Å². The minimum absolute atomic E-state index is 0.289. The Morgan fingerprint density at radius 2 is 1.93 bits per heavy atom. The van der Waals surface area contributed by atoms with Crippen molar-refractivity contribution in [2.45, 2.75) is 6.92 Å². The zero-order valence-electron chi connectivity index (χ0n) is 16.6. The normalized spacial score (nSPS) is 10.6. The SMILES string of the molecule is CCOC(=O)c1cnn2c(N(C)c3ccc(-c4ccccc4C#N)cc3)ccnc12. The van der Waals surface area contributed by atoms with Crippen LogP contribution in [-0.4, -0.2) is 34.2 Å². The highest BCUT2D eigenvalue weighted by Crippen LogP contribution is 2.29. The lowest BCUT2D eigenvalue weighted by Crippen LogP contribution is -2.14. The monoisotopic (exact) mass is 397 g/mol. The minimum Gasteiger partial charge on any atom is -0.462 e. The molecule has 2 aromatic carbocycles. The van der Waals surface area contributed by atoms with Crippen LogP contribution in [0.1, 0.15) is 22.8 Å². The number of aromatic nitrogens is 3. The van der Waals surface area contributed by atoms with E-state index in [0.29, 0.717) is 16.8 Å². The summed E-state index contributed by atoms with van der Waals surface area (Å²) in [5, 5.41) is 13.7. The van der Waals surface area contributed by atoms with Gasteiger partial charge >= 0.3 is 5.97 Å². The summed E-state index contributed by atoms with van der Waals surface area (Å²) in [5.74, 6) is 0.307. The molecule has 30 heavy (non-hydrogen) atoms. The van der Waals surface area contributed by atoms with Gasteiger partial charge in [-0.2, -0.15) is 14.9 Å². The molecule has 0 spiro atoms. The Labute approximate surface area is 173 Å². The van der Waals surface area contributed by atoms with Gasteiger partial charge in [-0.15, -0.1) is 0 Å². The van der Waals surface area contributed by atoms with Crippen molar-refractivity contribution in [3.63, 3.8) is 0 Å². The van der Waals surface area contributed by atoms with E-state index in [-0.39, 0.29) is 6.61 Å². The maximum absolute atomic E-state index is 12.1. The molecule has 4 rings (SSSR count). The standard InChI is InChI=1S/C23H19N5O2/c1-3-30-23(29)20-15-26-28-21(12-13-25-22(20)28)27(2)18-10-8-16(9-11-18)19-7-5-4-6-17(19)14-24/h4-13,15H,3H2,1-2H3. The topological polar surface area (TPSA) is 83.5 Å². The van der Waals surface area contributed by atoms with E-state index in [1.165, 1.54) is 6.20 Å². The zero-order chi connectivity index (χ0) is 21.1. The molecule has 0 radical (unpaired) electrons. The third-order valence-corrected chi connectivity index (χ3v) is 4.83. The number of fused-ring (bicyclic) bond motifs is 1. The van der Waals surface area contributed by atoms with Crippen LogP contribution in [0.4, 0.5) is 11.5 Å². The molecule has 0 fully saturated rings. The number of ether oxygens (including phenoxy) is 1. The third-order valence-electron chi connectivity index (χ3n) is 4.83. The molecule has 2 heterocycles. The van der Waals surface area contributed by atoms with Gasteiger partial charge in [-0.25, -0.2) is 9.78 Å². The smallest absolute Gasteiger partial charge is 0.343 e. The van der Waals surface area contributed by atoms with Gasteiger partial charge in [-0.1, -0.05) is 30.3 Å². The number of nitrogens with zero attached hydrogens (tertiary/aromatic N) is 5. The van der Waals surface area contributed by atoms with Crippen molar-refractivity contribution >= 4 is 23.1 Å². The molecule has 0 aliphatic carbocycles. The molecule has 0 amide bonds. The van der Waals surface area contributed by atoms with Crippen LogP contribution in [0.5, 0.6) is 0 Å². The quantitative estimate of drug-likeness (QED) is 0.469. The number of esters is 1. The highest BCUT2D eigenvalue weighted by Gasteiger charge is 2.18. The largest absolute Gasteiger partial charge is 0.462 e. The van der Waals surface area contributed by atoms with E-state index in [2.05, 4.69) is 16.2 Å². The fourth-order valence-electron chi connectivity index (χ4n) is 3.31. The highest BCUT2D eigenvalue weighted by atomic mass is 16.5. The Balaban J connectivity index is 1.68. The van der Waals surface area contributed by atoms with Gasteiger partial charge in [-0.05, 0) is 42.3 Å². The van der Waals surface area contributed by atoms with E-state index < -0.39 is 5.97 Å². The molecule has 7 heteroatoms. The third kappa shape index (κ3) is 3.35. The minimum atomic E-state index is -0.444. The van der Waals surface area contributed by atoms with E-state index in [1.54, 1.807) is 17.6 Å². The summed E-state index contributed by atoms with van der Waals surface area (Å²) >= 11 is 0. The number of rotatable bonds is 5. The molecular formula is C23H19N5O2. The summed E-state index contributed by atoms with van der Waals surface area (Å²) in [4.78, 5) is 18.4. The molecule has 7 nitrogen and oxygen atoms in total. The van der Waals surface area contributed by atoms with Crippen LogP contribution in [0.25, 0.3) is 16.8 Å². The van der Waals surface area contributed by atoms with Crippen LogP contribution in [0.3, 0.4) is 0 Å². The summed E-state index contributed by atoms with van der Waals surface area (Å²) in [6.07, 6.45) is 3.11. The van der Waals surface area contributed by atoms with Crippen LogP contribution in [0.2, 0.25) is 0 Å². The summed E-state index contributed by atoms with van der Waals surface area (Å²) in [6.45, 7) is 2.05. The summed E-state index contributed by atoms with van der Waals surface area (Å²) in [5.41, 5.74) is 4.19. The van der Waals surface area contributed by atoms with Crippen molar-refractivity contribution in [2.24, 2.45) is 0 Å². The van der Waals surface area contributed by atoms with Crippen molar-refractivity contribution in [1.82, 2.24) is 14.6 Å². The molecule has 0 saturated carbocycles. The number of anilines is 2. The Morgan fingerprint density at radius 1 is 1.17 bits per heavy atom. The van der Waals surface area contributed by atoms with Crippen LogP contribution in [-0.2, 0) is 4.74 Å². The molecule has 0 saturated heterocycles. The van der Waals surface area contributed by atoms with Gasteiger partial charge in [0, 0.05) is 18.9 Å². The zero-order valence-corrected chi connectivity index (χ0v) is 16.6. The predicted octanol–water partition coefficient (Wildman–Crippen LogP) is 4.21. The number of nitriles is 1. The second-order valence-corrected chi connectivity index (χ2v) is 6.58. The lowest BCUT2D eigenvalue weighted by molar-refractivity contribution is 0.0528. The number of benzene rings is 2. The van der Waals surface area contributed by atoms with Crippen molar-refractivity contribution in [3.8, 4) is 17.2 Å². The van der Waals surface area contributed by atoms with E-state index in [0.717, 1.165) is 22.6 Å². The van der Waals surface area contributed by atoms with E-state index in [1.807, 2.05) is 66.5 Å². The first-order valence-electron chi connectivity index (χ1n) is 9.47. The molecule has 0 atom stereocenters. The molecule has 0 aliphatic heterocycles. The summed E-state index contributed by atoms with van der Waals surface area (Å²) < 4.78 is 6.70. The number of hydrogen-bond acceptors (Lipinski definition) is 6. The Hall–Kier alpha value is -4.18. The Bertz CT molecular complexity index is 1250. The maximum Gasteiger partial charge on any atom is 0.343 e. The molecule has 148 valence electrons. The first-order chi connectivity index (χ1) is 14.6. The average Bonchev–Trinajstić information content (AvgIpc) is 3.23. The van der Waals surface area contributed by atoms with E-state index >= 15 is 0 Å². The average molecular weight is 397 g/mol. The maximum atomic E-state index is 12.1. The molecule has 0 aliphatic rings. The number of carbonyl (C=O) groups is 1. The Kier molecular flexibility index (Phi) is 5.14. The first kappa shape index (κ1) is 19.2. The van der Waals surface area contributed by atoms with E-state index in [9.17, 15) is 10.1 Å². The van der Waals surface area contributed by atoms with Crippen molar-refractivity contribution < 1.29 is 9.53 Å². The van der Waals surface area contributed by atoms with Gasteiger partial charge in [0.1, 0.15) is 11.4 Å². The van der Waals surface area contributed by atoms with Crippen LogP contribution in [0, 0.1) is 11.3 Å². The fraction of sp³-hybridized carbons (Fsp3) is 0.130. The second kappa shape index (κ2) is 8.05. The molecule has 0 unspecified atom stereocenters. The highest BCUT2D eigenvalue weighted by molar-refractivity contribution is 5.95. The van der Waals surface area contributed by atoms with Gasteiger partial charge in [0.2, 0.25) is 0 Å². The van der Waals surface area contributed by atoms with Crippen LogP contribution in [0.15, 0.2) is 67.0 Å². The van der Waals surface area contributed by atoms with E-state index in [4.69, 9.17) is 4.74 Å². The van der Waals surface area contributed by atoms with Crippen LogP contribution >= 0.6 is 0 Å².